The van der Waals surface area contributed by atoms with Gasteiger partial charge in [0.2, 0.25) is 0 Å². The van der Waals surface area contributed by atoms with Crippen molar-refractivity contribution in [2.75, 3.05) is 13.1 Å². The van der Waals surface area contributed by atoms with Crippen LogP contribution in [0.3, 0.4) is 0 Å². The highest BCUT2D eigenvalue weighted by atomic mass is 19.4. The largest absolute Gasteiger partial charge is 0.471 e. The molecule has 6 nitrogen and oxygen atoms in total. The molecule has 0 aromatic rings. The molecule has 2 heterocycles. The maximum atomic E-state index is 12.3. The highest BCUT2D eigenvalue weighted by Crippen LogP contribution is 2.27. The number of alkyl halides is 3. The molecular formula is C9H10F3N3O3. The number of likely N-dealkylation sites (tertiary alicyclic amines) is 1. The summed E-state index contributed by atoms with van der Waals surface area (Å²) in [6, 6.07) is -0.749. The fourth-order valence-corrected chi connectivity index (χ4v) is 2.22. The molecule has 2 N–H and O–H groups in total. The summed E-state index contributed by atoms with van der Waals surface area (Å²) in [7, 11) is 0. The molecule has 0 saturated carbocycles. The average Bonchev–Trinajstić information content (AvgIpc) is 2.51. The van der Waals surface area contributed by atoms with Gasteiger partial charge in [-0.3, -0.25) is 14.9 Å². The Morgan fingerprint density at radius 2 is 2.00 bits per heavy atom. The normalized spacial score (nSPS) is 28.3. The van der Waals surface area contributed by atoms with Crippen molar-refractivity contribution in [3.05, 3.63) is 0 Å². The van der Waals surface area contributed by atoms with Crippen molar-refractivity contribution in [1.29, 1.82) is 0 Å². The second kappa shape index (κ2) is 3.85. The molecule has 0 radical (unpaired) electrons. The van der Waals surface area contributed by atoms with Gasteiger partial charge in [0, 0.05) is 6.54 Å². The number of amides is 4. The first-order chi connectivity index (χ1) is 8.24. The van der Waals surface area contributed by atoms with E-state index in [9.17, 15) is 27.6 Å². The molecule has 18 heavy (non-hydrogen) atoms. The number of urea groups is 1. The quantitative estimate of drug-likeness (QED) is 0.593. The zero-order valence-corrected chi connectivity index (χ0v) is 9.13. The number of nitrogens with zero attached hydrogens (tertiary/aromatic N) is 1. The molecule has 1 unspecified atom stereocenters. The van der Waals surface area contributed by atoms with E-state index in [1.54, 1.807) is 0 Å². The molecule has 0 bridgehead atoms. The number of imide groups is 1. The molecule has 1 atom stereocenters. The number of hydrogen-bond acceptors (Lipinski definition) is 3. The van der Waals surface area contributed by atoms with Gasteiger partial charge in [-0.1, -0.05) is 0 Å². The predicted molar refractivity (Wildman–Crippen MR) is 51.3 cm³/mol. The second-order valence-corrected chi connectivity index (χ2v) is 4.32. The summed E-state index contributed by atoms with van der Waals surface area (Å²) in [5.74, 6) is -2.68. The maximum absolute atomic E-state index is 12.3. The van der Waals surface area contributed by atoms with E-state index >= 15 is 0 Å². The average molecular weight is 265 g/mol. The molecule has 2 rings (SSSR count). The van der Waals surface area contributed by atoms with Crippen molar-refractivity contribution in [2.45, 2.75) is 24.6 Å². The Kier molecular flexibility index (Phi) is 2.71. The lowest BCUT2D eigenvalue weighted by atomic mass is 9.89. The fraction of sp³-hybridized carbons (Fsp3) is 0.667. The van der Waals surface area contributed by atoms with Crippen molar-refractivity contribution in [3.63, 3.8) is 0 Å². The van der Waals surface area contributed by atoms with Gasteiger partial charge < -0.3 is 10.2 Å². The lowest BCUT2D eigenvalue weighted by Gasteiger charge is -2.38. The second-order valence-electron chi connectivity index (χ2n) is 4.32. The zero-order valence-electron chi connectivity index (χ0n) is 9.13. The minimum atomic E-state index is -4.97. The third kappa shape index (κ3) is 2.00. The minimum absolute atomic E-state index is 0.0801. The van der Waals surface area contributed by atoms with Crippen LogP contribution in [0.2, 0.25) is 0 Å². The van der Waals surface area contributed by atoms with Gasteiger partial charge in [-0.15, -0.1) is 0 Å². The Morgan fingerprint density at radius 3 is 2.50 bits per heavy atom. The summed E-state index contributed by atoms with van der Waals surface area (Å²) in [6.07, 6.45) is -4.54. The van der Waals surface area contributed by atoms with Gasteiger partial charge in [0.15, 0.2) is 0 Å². The van der Waals surface area contributed by atoms with Gasteiger partial charge in [-0.2, -0.15) is 13.2 Å². The van der Waals surface area contributed by atoms with E-state index in [-0.39, 0.29) is 19.4 Å². The summed E-state index contributed by atoms with van der Waals surface area (Å²) in [6.45, 7) is -0.536. The van der Waals surface area contributed by atoms with Gasteiger partial charge in [0.1, 0.15) is 5.54 Å². The summed E-state index contributed by atoms with van der Waals surface area (Å²) in [5, 5.41) is 4.26. The molecule has 2 fully saturated rings. The van der Waals surface area contributed by atoms with Crippen LogP contribution in [-0.4, -0.2) is 47.6 Å². The van der Waals surface area contributed by atoms with Crippen LogP contribution < -0.4 is 10.6 Å². The first kappa shape index (κ1) is 12.7. The first-order valence-corrected chi connectivity index (χ1v) is 5.24. The summed E-state index contributed by atoms with van der Waals surface area (Å²) in [4.78, 5) is 34.3. The molecule has 2 aliphatic rings. The smallest absolute Gasteiger partial charge is 0.332 e. The molecule has 2 aliphatic heterocycles. The van der Waals surface area contributed by atoms with E-state index in [1.165, 1.54) is 0 Å². The Labute approximate surface area is 99.5 Å². The molecular weight excluding hydrogens is 255 g/mol. The minimum Gasteiger partial charge on any atom is -0.332 e. The Bertz CT molecular complexity index is 423. The van der Waals surface area contributed by atoms with Crippen LogP contribution in [0.1, 0.15) is 12.8 Å². The Balaban J connectivity index is 2.17. The van der Waals surface area contributed by atoms with Gasteiger partial charge in [-0.25, -0.2) is 4.79 Å². The molecule has 1 spiro atoms. The highest BCUT2D eigenvalue weighted by Gasteiger charge is 2.52. The molecule has 2 saturated heterocycles. The van der Waals surface area contributed by atoms with Crippen LogP contribution in [-0.2, 0) is 9.59 Å². The van der Waals surface area contributed by atoms with Crippen molar-refractivity contribution >= 4 is 17.8 Å². The number of piperidine rings is 1. The SMILES string of the molecule is O=C1NC(=O)C2(CCCN(C(=O)C(F)(F)F)C2)N1. The molecule has 100 valence electrons. The monoisotopic (exact) mass is 265 g/mol. The standard InChI is InChI=1S/C9H10F3N3O3/c10-9(11,12)6(17)15-3-1-2-8(4-15)5(16)13-7(18)14-8/h1-4H2,(H2,13,14,16,18). The number of carbonyl (C=O) groups excluding carboxylic acids is 3. The van der Waals surface area contributed by atoms with Crippen LogP contribution in [0.4, 0.5) is 18.0 Å². The van der Waals surface area contributed by atoms with Gasteiger partial charge in [0.25, 0.3) is 5.91 Å². The molecule has 0 aromatic carbocycles. The number of nitrogens with one attached hydrogen (secondary N) is 2. The molecule has 9 heteroatoms. The van der Waals surface area contributed by atoms with Crippen molar-refractivity contribution in [2.24, 2.45) is 0 Å². The van der Waals surface area contributed by atoms with Gasteiger partial charge in [-0.05, 0) is 12.8 Å². The van der Waals surface area contributed by atoms with E-state index in [0.717, 1.165) is 0 Å². The number of halogens is 3. The van der Waals surface area contributed by atoms with Crippen molar-refractivity contribution < 1.29 is 27.6 Å². The lowest BCUT2D eigenvalue weighted by Crippen LogP contribution is -2.61. The van der Waals surface area contributed by atoms with E-state index in [4.69, 9.17) is 0 Å². The predicted octanol–water partition coefficient (Wildman–Crippen LogP) is -0.251. The maximum Gasteiger partial charge on any atom is 0.471 e. The third-order valence-corrected chi connectivity index (χ3v) is 3.04. The Morgan fingerprint density at radius 1 is 1.33 bits per heavy atom. The van der Waals surface area contributed by atoms with Gasteiger partial charge >= 0.3 is 18.1 Å². The van der Waals surface area contributed by atoms with Crippen molar-refractivity contribution in [3.8, 4) is 0 Å². The lowest BCUT2D eigenvalue weighted by molar-refractivity contribution is -0.187. The van der Waals surface area contributed by atoms with E-state index in [0.29, 0.717) is 4.90 Å². The molecule has 4 amide bonds. The van der Waals surface area contributed by atoms with Crippen molar-refractivity contribution in [1.82, 2.24) is 15.5 Å². The fourth-order valence-electron chi connectivity index (χ4n) is 2.22. The molecule has 0 aromatic heterocycles. The van der Waals surface area contributed by atoms with Crippen LogP contribution in [0, 0.1) is 0 Å². The van der Waals surface area contributed by atoms with Crippen LogP contribution in [0.25, 0.3) is 0 Å². The summed E-state index contributed by atoms with van der Waals surface area (Å²) >= 11 is 0. The van der Waals surface area contributed by atoms with Crippen LogP contribution >= 0.6 is 0 Å². The topological polar surface area (TPSA) is 78.5 Å². The number of hydrogen-bond donors (Lipinski definition) is 2. The van der Waals surface area contributed by atoms with Crippen LogP contribution in [0.15, 0.2) is 0 Å². The summed E-state index contributed by atoms with van der Waals surface area (Å²) < 4.78 is 36.9. The van der Waals surface area contributed by atoms with E-state index in [1.807, 2.05) is 5.32 Å². The number of rotatable bonds is 0. The zero-order chi connectivity index (χ0) is 13.6. The van der Waals surface area contributed by atoms with E-state index < -0.39 is 36.1 Å². The Hall–Kier alpha value is -1.80. The highest BCUT2D eigenvalue weighted by molar-refractivity contribution is 6.07. The third-order valence-electron chi connectivity index (χ3n) is 3.04. The molecule has 0 aliphatic carbocycles. The van der Waals surface area contributed by atoms with Crippen LogP contribution in [0.5, 0.6) is 0 Å². The number of carbonyl (C=O) groups is 3. The first-order valence-electron chi connectivity index (χ1n) is 5.24. The summed E-state index contributed by atoms with van der Waals surface area (Å²) in [5.41, 5.74) is -1.42. The van der Waals surface area contributed by atoms with E-state index in [2.05, 4.69) is 5.32 Å². The van der Waals surface area contributed by atoms with Gasteiger partial charge in [0.05, 0.1) is 6.54 Å².